The van der Waals surface area contributed by atoms with Crippen LogP contribution in [0.15, 0.2) is 23.2 Å². The van der Waals surface area contributed by atoms with Crippen molar-refractivity contribution in [3.8, 4) is 0 Å². The van der Waals surface area contributed by atoms with E-state index in [2.05, 4.69) is 9.71 Å². The fourth-order valence-electron chi connectivity index (χ4n) is 2.70. The number of aromatic nitrogens is 1. The highest BCUT2D eigenvalue weighted by Gasteiger charge is 2.33. The van der Waals surface area contributed by atoms with Gasteiger partial charge in [0.05, 0.1) is 12.2 Å². The highest BCUT2D eigenvalue weighted by Crippen LogP contribution is 2.28. The van der Waals surface area contributed by atoms with E-state index >= 15 is 0 Å². The maximum Gasteiger partial charge on any atom is 0.433 e. The third-order valence-electron chi connectivity index (χ3n) is 3.80. The van der Waals surface area contributed by atoms with E-state index in [1.165, 1.54) is 0 Å². The molecule has 1 heterocycles. The van der Waals surface area contributed by atoms with Gasteiger partial charge in [-0.15, -0.1) is 0 Å². The van der Waals surface area contributed by atoms with E-state index in [1.807, 2.05) is 13.8 Å². The van der Waals surface area contributed by atoms with Crippen molar-refractivity contribution in [1.29, 1.82) is 0 Å². The molecular formula is C15H21F3N2O3S. The Kier molecular flexibility index (Phi) is 5.87. The topological polar surface area (TPSA) is 68.3 Å². The van der Waals surface area contributed by atoms with E-state index in [-0.39, 0.29) is 23.1 Å². The zero-order chi connectivity index (χ0) is 18.0. The summed E-state index contributed by atoms with van der Waals surface area (Å²) in [4.78, 5) is 2.92. The maximum atomic E-state index is 12.5. The molecule has 1 N–H and O–H groups in total. The number of pyridine rings is 1. The third-order valence-corrected chi connectivity index (χ3v) is 5.30. The van der Waals surface area contributed by atoms with Gasteiger partial charge in [0.25, 0.3) is 0 Å². The van der Waals surface area contributed by atoms with Gasteiger partial charge in [-0.2, -0.15) is 13.2 Å². The third kappa shape index (κ3) is 5.15. The first kappa shape index (κ1) is 19.1. The average molecular weight is 366 g/mol. The molecule has 0 unspecified atom stereocenters. The average Bonchev–Trinajstić information content (AvgIpc) is 2.48. The van der Waals surface area contributed by atoms with Gasteiger partial charge in [-0.3, -0.25) is 4.98 Å². The number of halogens is 3. The lowest BCUT2D eigenvalue weighted by Crippen LogP contribution is -2.39. The summed E-state index contributed by atoms with van der Waals surface area (Å²) >= 11 is 0. The minimum absolute atomic E-state index is 0.124. The van der Waals surface area contributed by atoms with Crippen LogP contribution in [0.25, 0.3) is 0 Å². The number of nitrogens with one attached hydrogen (secondary N) is 1. The van der Waals surface area contributed by atoms with Crippen molar-refractivity contribution >= 4 is 10.0 Å². The van der Waals surface area contributed by atoms with Gasteiger partial charge in [-0.1, -0.05) is 0 Å². The zero-order valence-corrected chi connectivity index (χ0v) is 14.3. The Morgan fingerprint density at radius 3 is 2.29 bits per heavy atom. The summed E-state index contributed by atoms with van der Waals surface area (Å²) in [5.41, 5.74) is -1.12. The van der Waals surface area contributed by atoms with Crippen molar-refractivity contribution in [3.63, 3.8) is 0 Å². The lowest BCUT2D eigenvalue weighted by Gasteiger charge is -2.30. The van der Waals surface area contributed by atoms with Gasteiger partial charge >= 0.3 is 6.18 Å². The molecule has 0 saturated heterocycles. The molecule has 0 atom stereocenters. The minimum Gasteiger partial charge on any atom is -0.376 e. The van der Waals surface area contributed by atoms with Gasteiger partial charge in [0, 0.05) is 12.2 Å². The van der Waals surface area contributed by atoms with Crippen molar-refractivity contribution in [1.82, 2.24) is 9.71 Å². The van der Waals surface area contributed by atoms with E-state index in [0.717, 1.165) is 25.1 Å². The molecule has 1 aliphatic carbocycles. The van der Waals surface area contributed by atoms with Crippen molar-refractivity contribution in [2.45, 2.75) is 68.9 Å². The van der Waals surface area contributed by atoms with Crippen molar-refractivity contribution < 1.29 is 26.3 Å². The van der Waals surface area contributed by atoms with Gasteiger partial charge < -0.3 is 4.74 Å². The monoisotopic (exact) mass is 366 g/mol. The smallest absolute Gasteiger partial charge is 0.376 e. The Labute approximate surface area is 139 Å². The molecule has 136 valence electrons. The number of alkyl halides is 3. The Morgan fingerprint density at radius 1 is 1.21 bits per heavy atom. The second-order valence-electron chi connectivity index (χ2n) is 6.16. The molecule has 2 rings (SSSR count). The van der Waals surface area contributed by atoms with Crippen LogP contribution in [-0.2, 0) is 20.9 Å². The van der Waals surface area contributed by atoms with Crippen molar-refractivity contribution in [2.24, 2.45) is 0 Å². The van der Waals surface area contributed by atoms with E-state index < -0.39 is 21.9 Å². The van der Waals surface area contributed by atoms with E-state index in [1.54, 1.807) is 0 Å². The van der Waals surface area contributed by atoms with E-state index in [9.17, 15) is 21.6 Å². The van der Waals surface area contributed by atoms with Crippen molar-refractivity contribution in [2.75, 3.05) is 0 Å². The summed E-state index contributed by atoms with van der Waals surface area (Å²) in [6.07, 6.45) is -0.855. The normalized spacial score (nSPS) is 22.8. The predicted octanol–water partition coefficient (Wildman–Crippen LogP) is 3.11. The summed E-state index contributed by atoms with van der Waals surface area (Å²) in [5.74, 6) is 0. The van der Waals surface area contributed by atoms with Crippen LogP contribution in [-0.4, -0.2) is 31.7 Å². The standard InChI is InChI=1S/C15H21F3N2O3S/c1-10(2)23-12-5-3-11(4-6-12)20-24(21,22)13-7-8-14(19-9-13)15(16,17)18/h7-12,20H,3-6H2,1-2H3. The largest absolute Gasteiger partial charge is 0.433 e. The molecule has 0 aromatic carbocycles. The molecule has 0 radical (unpaired) electrons. The summed E-state index contributed by atoms with van der Waals surface area (Å²) in [5, 5.41) is 0. The molecule has 1 saturated carbocycles. The van der Waals surface area contributed by atoms with Gasteiger partial charge in [-0.25, -0.2) is 13.1 Å². The molecule has 0 amide bonds. The molecule has 1 aromatic rings. The Morgan fingerprint density at radius 2 is 1.83 bits per heavy atom. The molecular weight excluding hydrogens is 345 g/mol. The molecule has 0 bridgehead atoms. The molecule has 1 fully saturated rings. The molecule has 1 aliphatic rings. The van der Waals surface area contributed by atoms with Crippen LogP contribution in [0, 0.1) is 0 Å². The Hall–Kier alpha value is -1.19. The second kappa shape index (κ2) is 7.37. The van der Waals surface area contributed by atoms with Gasteiger partial charge in [-0.05, 0) is 51.7 Å². The lowest BCUT2D eigenvalue weighted by atomic mass is 9.93. The predicted molar refractivity (Wildman–Crippen MR) is 81.8 cm³/mol. The summed E-state index contributed by atoms with van der Waals surface area (Å²) in [6.45, 7) is 3.90. The SMILES string of the molecule is CC(C)OC1CCC(NS(=O)(=O)c2ccc(C(F)(F)F)nc2)CC1. The molecule has 1 aromatic heterocycles. The number of rotatable bonds is 5. The lowest BCUT2D eigenvalue weighted by molar-refractivity contribution is -0.141. The fourth-order valence-corrected chi connectivity index (χ4v) is 3.95. The summed E-state index contributed by atoms with van der Waals surface area (Å²) in [6, 6.07) is 1.34. The maximum absolute atomic E-state index is 12.5. The number of sulfonamides is 1. The van der Waals surface area contributed by atoms with Crippen LogP contribution in [0.5, 0.6) is 0 Å². The Balaban J connectivity index is 1.97. The summed E-state index contributed by atoms with van der Waals surface area (Å²) < 4.78 is 70.2. The first-order valence-electron chi connectivity index (χ1n) is 7.79. The quantitative estimate of drug-likeness (QED) is 0.869. The Bertz CT molecular complexity index is 637. The number of ether oxygens (including phenoxy) is 1. The minimum atomic E-state index is -4.59. The molecule has 0 aliphatic heterocycles. The van der Waals surface area contributed by atoms with Gasteiger partial charge in [0.1, 0.15) is 10.6 Å². The molecule has 5 nitrogen and oxygen atoms in total. The van der Waals surface area contributed by atoms with E-state index in [4.69, 9.17) is 4.74 Å². The second-order valence-corrected chi connectivity index (χ2v) is 7.87. The van der Waals surface area contributed by atoms with Crippen LogP contribution in [0.1, 0.15) is 45.2 Å². The first-order chi connectivity index (χ1) is 11.1. The van der Waals surface area contributed by atoms with E-state index in [0.29, 0.717) is 18.9 Å². The van der Waals surface area contributed by atoms with Crippen molar-refractivity contribution in [3.05, 3.63) is 24.0 Å². The van der Waals surface area contributed by atoms with Crippen LogP contribution in [0.3, 0.4) is 0 Å². The van der Waals surface area contributed by atoms with Crippen LogP contribution < -0.4 is 4.72 Å². The van der Waals surface area contributed by atoms with Gasteiger partial charge in [0.15, 0.2) is 0 Å². The van der Waals surface area contributed by atoms with Crippen LogP contribution in [0.4, 0.5) is 13.2 Å². The molecule has 24 heavy (non-hydrogen) atoms. The number of hydrogen-bond acceptors (Lipinski definition) is 4. The highest BCUT2D eigenvalue weighted by atomic mass is 32.2. The molecule has 9 heteroatoms. The van der Waals surface area contributed by atoms with Gasteiger partial charge in [0.2, 0.25) is 10.0 Å². The zero-order valence-electron chi connectivity index (χ0n) is 13.5. The summed E-state index contributed by atoms with van der Waals surface area (Å²) in [7, 11) is -3.88. The molecule has 0 spiro atoms. The van der Waals surface area contributed by atoms with Crippen LogP contribution >= 0.6 is 0 Å². The highest BCUT2D eigenvalue weighted by molar-refractivity contribution is 7.89. The van der Waals surface area contributed by atoms with Crippen LogP contribution in [0.2, 0.25) is 0 Å². The first-order valence-corrected chi connectivity index (χ1v) is 9.27. The fraction of sp³-hybridized carbons (Fsp3) is 0.667. The number of hydrogen-bond donors (Lipinski definition) is 1. The number of nitrogens with zero attached hydrogens (tertiary/aromatic N) is 1.